The molecule has 2 heteroatoms. The molecule has 0 bridgehead atoms. The van der Waals surface area contributed by atoms with Crippen LogP contribution in [-0.4, -0.2) is 36.1 Å². The molecule has 0 aromatic heterocycles. The van der Waals surface area contributed by atoms with Gasteiger partial charge in [0.25, 0.3) is 0 Å². The summed E-state index contributed by atoms with van der Waals surface area (Å²) in [6.45, 7) is 4.93. The molecule has 2 atom stereocenters. The van der Waals surface area contributed by atoms with E-state index in [-0.39, 0.29) is 0 Å². The lowest BCUT2D eigenvalue weighted by molar-refractivity contribution is 0.233. The van der Waals surface area contributed by atoms with Crippen molar-refractivity contribution in [3.8, 4) is 0 Å². The molecule has 1 aromatic carbocycles. The Balaban J connectivity index is 1.32. The van der Waals surface area contributed by atoms with E-state index < -0.39 is 0 Å². The van der Waals surface area contributed by atoms with E-state index in [1.807, 2.05) is 0 Å². The van der Waals surface area contributed by atoms with Crippen molar-refractivity contribution in [3.63, 3.8) is 0 Å². The van der Waals surface area contributed by atoms with Gasteiger partial charge in [-0.3, -0.25) is 4.90 Å². The summed E-state index contributed by atoms with van der Waals surface area (Å²) in [4.78, 5) is 2.70. The van der Waals surface area contributed by atoms with E-state index in [9.17, 15) is 0 Å². The van der Waals surface area contributed by atoms with Gasteiger partial charge in [0.15, 0.2) is 0 Å². The van der Waals surface area contributed by atoms with Crippen LogP contribution in [0.5, 0.6) is 0 Å². The molecule has 1 aliphatic carbocycles. The van der Waals surface area contributed by atoms with Crippen molar-refractivity contribution < 1.29 is 0 Å². The maximum atomic E-state index is 3.96. The molecule has 1 saturated carbocycles. The van der Waals surface area contributed by atoms with E-state index >= 15 is 0 Å². The molecule has 2 saturated heterocycles. The topological polar surface area (TPSA) is 15.3 Å². The molecular weight excluding hydrogens is 244 g/mol. The highest BCUT2D eigenvalue weighted by Gasteiger charge is 2.40. The summed E-state index contributed by atoms with van der Waals surface area (Å²) < 4.78 is 0. The molecule has 0 radical (unpaired) electrons. The fourth-order valence-corrected chi connectivity index (χ4v) is 4.63. The molecule has 3 fully saturated rings. The van der Waals surface area contributed by atoms with Gasteiger partial charge in [-0.1, -0.05) is 24.3 Å². The van der Waals surface area contributed by atoms with Crippen LogP contribution in [0.4, 0.5) is 0 Å². The molecule has 2 nitrogen and oxygen atoms in total. The Hall–Kier alpha value is -0.860. The second-order valence-electron chi connectivity index (χ2n) is 7.03. The maximum Gasteiger partial charge on any atom is 0.0250 e. The number of hydrogen-bond donors (Lipinski definition) is 1. The van der Waals surface area contributed by atoms with Crippen molar-refractivity contribution in [2.45, 2.75) is 63.1 Å². The number of fused-ring (bicyclic) bond motifs is 1. The van der Waals surface area contributed by atoms with Crippen LogP contribution >= 0.6 is 0 Å². The largest absolute Gasteiger partial charge is 0.310 e. The minimum atomic E-state index is 0.769. The van der Waals surface area contributed by atoms with Crippen molar-refractivity contribution in [3.05, 3.63) is 35.4 Å². The number of nitrogens with one attached hydrogen (secondary N) is 1. The highest BCUT2D eigenvalue weighted by atomic mass is 15.2. The van der Waals surface area contributed by atoms with Crippen molar-refractivity contribution >= 4 is 0 Å². The third-order valence-electron chi connectivity index (χ3n) is 5.82. The molecule has 2 heterocycles. The summed E-state index contributed by atoms with van der Waals surface area (Å²) in [5.41, 5.74) is 3.05. The first-order valence-electron chi connectivity index (χ1n) is 8.37. The average Bonchev–Trinajstić information content (AvgIpc) is 2.98. The summed E-state index contributed by atoms with van der Waals surface area (Å²) >= 11 is 0. The highest BCUT2D eigenvalue weighted by Crippen LogP contribution is 2.39. The molecular formula is C18H26N2. The molecule has 2 aliphatic heterocycles. The van der Waals surface area contributed by atoms with E-state index in [0.29, 0.717) is 0 Å². The molecule has 2 unspecified atom stereocenters. The van der Waals surface area contributed by atoms with Gasteiger partial charge in [0.2, 0.25) is 0 Å². The first kappa shape index (κ1) is 12.8. The van der Waals surface area contributed by atoms with Crippen molar-refractivity contribution in [1.29, 1.82) is 0 Å². The zero-order valence-corrected chi connectivity index (χ0v) is 12.5. The lowest BCUT2D eigenvalue weighted by Crippen LogP contribution is -2.49. The Labute approximate surface area is 122 Å². The quantitative estimate of drug-likeness (QED) is 0.908. The molecule has 20 heavy (non-hydrogen) atoms. The average molecular weight is 270 g/mol. The first-order chi connectivity index (χ1) is 9.81. The van der Waals surface area contributed by atoms with Gasteiger partial charge in [-0.2, -0.15) is 0 Å². The second-order valence-corrected chi connectivity index (χ2v) is 7.03. The molecule has 0 amide bonds. The Morgan fingerprint density at radius 1 is 1.10 bits per heavy atom. The normalized spacial score (nSPS) is 36.9. The summed E-state index contributed by atoms with van der Waals surface area (Å²) in [7, 11) is 0. The number of nitrogens with zero attached hydrogens (tertiary/aromatic N) is 1. The minimum absolute atomic E-state index is 0.769. The summed E-state index contributed by atoms with van der Waals surface area (Å²) in [6.07, 6.45) is 6.89. The smallest absolute Gasteiger partial charge is 0.0250 e. The maximum absolute atomic E-state index is 3.96. The lowest BCUT2D eigenvalue weighted by atomic mass is 9.74. The molecule has 0 spiro atoms. The van der Waals surface area contributed by atoms with E-state index in [2.05, 4.69) is 41.4 Å². The molecule has 3 aliphatic rings. The predicted molar refractivity (Wildman–Crippen MR) is 83.1 cm³/mol. The van der Waals surface area contributed by atoms with E-state index in [1.54, 1.807) is 5.56 Å². The van der Waals surface area contributed by atoms with Crippen LogP contribution < -0.4 is 5.32 Å². The first-order valence-corrected chi connectivity index (χ1v) is 8.37. The summed E-state index contributed by atoms with van der Waals surface area (Å²) in [5, 5.41) is 3.96. The van der Waals surface area contributed by atoms with Gasteiger partial charge in [-0.15, -0.1) is 0 Å². The molecule has 4 rings (SSSR count). The Morgan fingerprint density at radius 2 is 1.95 bits per heavy atom. The fraction of sp³-hybridized carbons (Fsp3) is 0.667. The Morgan fingerprint density at radius 3 is 2.80 bits per heavy atom. The van der Waals surface area contributed by atoms with Gasteiger partial charge < -0.3 is 5.32 Å². The van der Waals surface area contributed by atoms with Gasteiger partial charge in [0.1, 0.15) is 0 Å². The van der Waals surface area contributed by atoms with Crippen molar-refractivity contribution in [2.24, 2.45) is 0 Å². The zero-order valence-electron chi connectivity index (χ0n) is 12.5. The van der Waals surface area contributed by atoms with Crippen LogP contribution in [-0.2, 0) is 0 Å². The Bertz CT molecular complexity index is 478. The van der Waals surface area contributed by atoms with Crippen LogP contribution in [0.1, 0.15) is 49.1 Å². The van der Waals surface area contributed by atoms with Crippen LogP contribution in [0.15, 0.2) is 24.3 Å². The zero-order chi connectivity index (χ0) is 13.5. The van der Waals surface area contributed by atoms with Gasteiger partial charge in [-0.05, 0) is 62.6 Å². The molecule has 1 aromatic rings. The van der Waals surface area contributed by atoms with Gasteiger partial charge >= 0.3 is 0 Å². The molecule has 1 N–H and O–H groups in total. The van der Waals surface area contributed by atoms with Crippen molar-refractivity contribution in [1.82, 2.24) is 10.2 Å². The van der Waals surface area contributed by atoms with Crippen LogP contribution in [0.3, 0.4) is 0 Å². The number of rotatable bonds is 3. The SMILES string of the molecule is Cc1ccccc1C1CC(NC2CCN3CCCC23)C1. The fourth-order valence-electron chi connectivity index (χ4n) is 4.63. The number of hydrogen-bond acceptors (Lipinski definition) is 2. The third-order valence-corrected chi connectivity index (χ3v) is 5.82. The second kappa shape index (κ2) is 5.16. The van der Waals surface area contributed by atoms with Crippen LogP contribution in [0, 0.1) is 6.92 Å². The Kier molecular flexibility index (Phi) is 3.31. The van der Waals surface area contributed by atoms with Gasteiger partial charge in [0, 0.05) is 24.7 Å². The summed E-state index contributed by atoms with van der Waals surface area (Å²) in [5.74, 6) is 0.801. The third kappa shape index (κ3) is 2.19. The van der Waals surface area contributed by atoms with E-state index in [0.717, 1.165) is 24.0 Å². The standard InChI is InChI=1S/C18H26N2/c1-13-5-2-3-6-16(13)14-11-15(12-14)19-17-8-10-20-9-4-7-18(17)20/h2-3,5-6,14-15,17-19H,4,7-12H2,1H3. The lowest BCUT2D eigenvalue weighted by Gasteiger charge is -2.39. The van der Waals surface area contributed by atoms with Gasteiger partial charge in [-0.25, -0.2) is 0 Å². The number of benzene rings is 1. The minimum Gasteiger partial charge on any atom is -0.310 e. The van der Waals surface area contributed by atoms with Gasteiger partial charge in [0.05, 0.1) is 0 Å². The summed E-state index contributed by atoms with van der Waals surface area (Å²) in [6, 6.07) is 11.3. The monoisotopic (exact) mass is 270 g/mol. The van der Waals surface area contributed by atoms with Crippen molar-refractivity contribution in [2.75, 3.05) is 13.1 Å². The molecule has 108 valence electrons. The van der Waals surface area contributed by atoms with E-state index in [1.165, 1.54) is 50.8 Å². The highest BCUT2D eigenvalue weighted by molar-refractivity contribution is 5.31. The van der Waals surface area contributed by atoms with Crippen LogP contribution in [0.25, 0.3) is 0 Å². The predicted octanol–water partition coefficient (Wildman–Crippen LogP) is 3.07. The number of aryl methyl sites for hydroxylation is 1. The van der Waals surface area contributed by atoms with E-state index in [4.69, 9.17) is 0 Å². The van der Waals surface area contributed by atoms with Crippen LogP contribution in [0.2, 0.25) is 0 Å².